The first kappa shape index (κ1) is 11.6. The first-order valence-electron chi connectivity index (χ1n) is 6.26. The first-order chi connectivity index (χ1) is 9.33. The molecule has 0 spiro atoms. The van der Waals surface area contributed by atoms with Gasteiger partial charge < -0.3 is 4.90 Å². The summed E-state index contributed by atoms with van der Waals surface area (Å²) in [6.07, 6.45) is 0. The van der Waals surface area contributed by atoms with Crippen molar-refractivity contribution in [2.45, 2.75) is 13.1 Å². The Morgan fingerprint density at radius 1 is 0.895 bits per heavy atom. The van der Waals surface area contributed by atoms with Crippen molar-refractivity contribution in [2.24, 2.45) is 0 Å². The van der Waals surface area contributed by atoms with Gasteiger partial charge in [0.05, 0.1) is 0 Å². The van der Waals surface area contributed by atoms with E-state index in [4.69, 9.17) is 0 Å². The smallest absolute Gasteiger partial charge is 0.299 e. The molecule has 1 heterocycles. The van der Waals surface area contributed by atoms with Gasteiger partial charge in [0.1, 0.15) is 0 Å². The maximum atomic E-state index is 12.0. The number of rotatable bonds is 0. The Morgan fingerprint density at radius 3 is 2.11 bits per heavy atom. The molecule has 0 aliphatic carbocycles. The second kappa shape index (κ2) is 4.99. The van der Waals surface area contributed by atoms with Gasteiger partial charge in [-0.3, -0.25) is 4.79 Å². The minimum atomic E-state index is -0.111. The van der Waals surface area contributed by atoms with Crippen molar-refractivity contribution in [1.82, 2.24) is 4.90 Å². The molecule has 0 unspecified atom stereocenters. The van der Waals surface area contributed by atoms with Gasteiger partial charge in [0.2, 0.25) is 0 Å². The number of carbonyl (C=O) groups is 1. The molecule has 3 rings (SSSR count). The third kappa shape index (κ3) is 2.51. The number of fused-ring (bicyclic) bond motifs is 1. The van der Waals surface area contributed by atoms with E-state index >= 15 is 0 Å². The van der Waals surface area contributed by atoms with Gasteiger partial charge in [-0.15, -0.1) is 0 Å². The number of benzene rings is 2. The molecule has 2 heteroatoms. The van der Waals surface area contributed by atoms with Gasteiger partial charge in [-0.1, -0.05) is 48.4 Å². The molecule has 2 aromatic rings. The number of amides is 1. The minimum Gasteiger partial charge on any atom is -0.323 e. The lowest BCUT2D eigenvalue weighted by Crippen LogP contribution is -2.23. The topological polar surface area (TPSA) is 20.3 Å². The van der Waals surface area contributed by atoms with Crippen molar-refractivity contribution in [2.75, 3.05) is 0 Å². The predicted molar refractivity (Wildman–Crippen MR) is 74.0 cm³/mol. The van der Waals surface area contributed by atoms with Crippen LogP contribution < -0.4 is 0 Å². The van der Waals surface area contributed by atoms with E-state index in [0.717, 1.165) is 5.56 Å². The van der Waals surface area contributed by atoms with Crippen molar-refractivity contribution in [3.8, 4) is 11.8 Å². The monoisotopic (exact) mass is 247 g/mol. The van der Waals surface area contributed by atoms with E-state index in [2.05, 4.69) is 24.0 Å². The van der Waals surface area contributed by atoms with Crippen molar-refractivity contribution in [1.29, 1.82) is 0 Å². The van der Waals surface area contributed by atoms with Crippen molar-refractivity contribution >= 4 is 5.91 Å². The molecule has 19 heavy (non-hydrogen) atoms. The summed E-state index contributed by atoms with van der Waals surface area (Å²) >= 11 is 0. The van der Waals surface area contributed by atoms with Gasteiger partial charge in [0.15, 0.2) is 0 Å². The predicted octanol–water partition coefficient (Wildman–Crippen LogP) is 2.58. The fourth-order valence-corrected chi connectivity index (χ4v) is 2.20. The maximum Gasteiger partial charge on any atom is 0.299 e. The van der Waals surface area contributed by atoms with Crippen LogP contribution in [-0.4, -0.2) is 10.8 Å². The molecule has 0 saturated carbocycles. The van der Waals surface area contributed by atoms with Gasteiger partial charge in [-0.05, 0) is 23.3 Å². The Bertz CT molecular complexity index is 639. The Kier molecular flexibility index (Phi) is 3.04. The SMILES string of the molecule is O=C(C#Cc1ccccc1)N1Cc2ccccc2C1. The Morgan fingerprint density at radius 2 is 1.47 bits per heavy atom. The average molecular weight is 247 g/mol. The van der Waals surface area contributed by atoms with Crippen LogP contribution in [0.4, 0.5) is 0 Å². The molecule has 1 aliphatic rings. The molecule has 0 atom stereocenters. The van der Waals surface area contributed by atoms with Gasteiger partial charge in [-0.2, -0.15) is 0 Å². The third-order valence-electron chi connectivity index (χ3n) is 3.22. The van der Waals surface area contributed by atoms with Crippen molar-refractivity contribution < 1.29 is 4.79 Å². The molecule has 92 valence electrons. The van der Waals surface area contributed by atoms with Crippen LogP contribution in [0.15, 0.2) is 54.6 Å². The molecule has 0 fully saturated rings. The summed E-state index contributed by atoms with van der Waals surface area (Å²) in [4.78, 5) is 13.8. The van der Waals surface area contributed by atoms with E-state index in [0.29, 0.717) is 13.1 Å². The number of carbonyl (C=O) groups excluding carboxylic acids is 1. The highest BCUT2D eigenvalue weighted by Gasteiger charge is 2.21. The largest absolute Gasteiger partial charge is 0.323 e. The minimum absolute atomic E-state index is 0.111. The molecule has 0 bridgehead atoms. The molecule has 0 saturated heterocycles. The first-order valence-corrected chi connectivity index (χ1v) is 6.26. The fourth-order valence-electron chi connectivity index (χ4n) is 2.20. The highest BCUT2D eigenvalue weighted by Crippen LogP contribution is 2.21. The number of nitrogens with zero attached hydrogens (tertiary/aromatic N) is 1. The van der Waals surface area contributed by atoms with E-state index in [1.165, 1.54) is 11.1 Å². The molecule has 2 aromatic carbocycles. The van der Waals surface area contributed by atoms with Crippen molar-refractivity contribution in [3.63, 3.8) is 0 Å². The standard InChI is InChI=1S/C17H13NO/c19-17(11-10-14-6-2-1-3-7-14)18-12-15-8-4-5-9-16(15)13-18/h1-9H,12-13H2. The maximum absolute atomic E-state index is 12.0. The zero-order valence-corrected chi connectivity index (χ0v) is 10.5. The molecule has 1 aliphatic heterocycles. The van der Waals surface area contributed by atoms with E-state index in [9.17, 15) is 4.79 Å². The van der Waals surface area contributed by atoms with E-state index in [1.54, 1.807) is 4.90 Å². The van der Waals surface area contributed by atoms with E-state index < -0.39 is 0 Å². The van der Waals surface area contributed by atoms with Crippen LogP contribution in [0.25, 0.3) is 0 Å². The molecular weight excluding hydrogens is 234 g/mol. The lowest BCUT2D eigenvalue weighted by molar-refractivity contribution is -0.125. The van der Waals surface area contributed by atoms with Crippen LogP contribution >= 0.6 is 0 Å². The van der Waals surface area contributed by atoms with Gasteiger partial charge in [0, 0.05) is 24.6 Å². The second-order valence-corrected chi connectivity index (χ2v) is 4.55. The van der Waals surface area contributed by atoms with Crippen LogP contribution in [0.1, 0.15) is 16.7 Å². The van der Waals surface area contributed by atoms with Gasteiger partial charge in [-0.25, -0.2) is 0 Å². The Labute approximate surface area is 112 Å². The van der Waals surface area contributed by atoms with Crippen LogP contribution in [0.3, 0.4) is 0 Å². The summed E-state index contributed by atoms with van der Waals surface area (Å²) in [5.74, 6) is 5.51. The molecule has 1 amide bonds. The highest BCUT2D eigenvalue weighted by atomic mass is 16.2. The van der Waals surface area contributed by atoms with Crippen LogP contribution in [-0.2, 0) is 17.9 Å². The number of hydrogen-bond donors (Lipinski definition) is 0. The summed E-state index contributed by atoms with van der Waals surface area (Å²) in [7, 11) is 0. The van der Waals surface area contributed by atoms with E-state index in [-0.39, 0.29) is 5.91 Å². The normalized spacial score (nSPS) is 12.5. The van der Waals surface area contributed by atoms with Gasteiger partial charge >= 0.3 is 0 Å². The molecule has 0 aromatic heterocycles. The molecule has 0 N–H and O–H groups in total. The van der Waals surface area contributed by atoms with E-state index in [1.807, 2.05) is 42.5 Å². The lowest BCUT2D eigenvalue weighted by Gasteiger charge is -2.10. The second-order valence-electron chi connectivity index (χ2n) is 4.55. The lowest BCUT2D eigenvalue weighted by atomic mass is 10.1. The summed E-state index contributed by atoms with van der Waals surface area (Å²) < 4.78 is 0. The van der Waals surface area contributed by atoms with Crippen LogP contribution in [0.2, 0.25) is 0 Å². The molecule has 0 radical (unpaired) electrons. The summed E-state index contributed by atoms with van der Waals surface area (Å²) in [6.45, 7) is 1.33. The zero-order chi connectivity index (χ0) is 13.1. The fraction of sp³-hybridized carbons (Fsp3) is 0.118. The average Bonchev–Trinajstić information content (AvgIpc) is 2.90. The Balaban J connectivity index is 1.73. The third-order valence-corrected chi connectivity index (χ3v) is 3.22. The number of hydrogen-bond acceptors (Lipinski definition) is 1. The summed E-state index contributed by atoms with van der Waals surface area (Å²) in [6, 6.07) is 17.7. The summed E-state index contributed by atoms with van der Waals surface area (Å²) in [5.41, 5.74) is 3.31. The summed E-state index contributed by atoms with van der Waals surface area (Å²) in [5, 5.41) is 0. The molecular formula is C17H13NO. The highest BCUT2D eigenvalue weighted by molar-refractivity contribution is 5.94. The molecule has 2 nitrogen and oxygen atoms in total. The Hall–Kier alpha value is -2.53. The van der Waals surface area contributed by atoms with Gasteiger partial charge in [0.25, 0.3) is 5.91 Å². The zero-order valence-electron chi connectivity index (χ0n) is 10.5. The van der Waals surface area contributed by atoms with Crippen LogP contribution in [0, 0.1) is 11.8 Å². The van der Waals surface area contributed by atoms with Crippen LogP contribution in [0.5, 0.6) is 0 Å². The van der Waals surface area contributed by atoms with Crippen molar-refractivity contribution in [3.05, 3.63) is 71.3 Å². The quantitative estimate of drug-likeness (QED) is 0.655.